The lowest BCUT2D eigenvalue weighted by Gasteiger charge is -2.17. The molecule has 1 unspecified atom stereocenters. The average Bonchev–Trinajstić information content (AvgIpc) is 2.52. The van der Waals surface area contributed by atoms with E-state index in [1.165, 1.54) is 0 Å². The Labute approximate surface area is 138 Å². The van der Waals surface area contributed by atoms with Gasteiger partial charge in [0.2, 0.25) is 0 Å². The van der Waals surface area contributed by atoms with E-state index in [4.69, 9.17) is 4.74 Å². The van der Waals surface area contributed by atoms with Crippen molar-refractivity contribution in [3.63, 3.8) is 0 Å². The Kier molecular flexibility index (Phi) is 8.37. The molecule has 0 bridgehead atoms. The minimum Gasteiger partial charge on any atom is -0.491 e. The molecule has 0 aromatic heterocycles. The number of carbonyl (C=O) groups excluding carboxylic acids is 1. The Morgan fingerprint density at radius 3 is 2.78 bits per heavy atom. The van der Waals surface area contributed by atoms with Gasteiger partial charge in [0.1, 0.15) is 18.5 Å². The molecule has 0 aliphatic carbocycles. The van der Waals surface area contributed by atoms with Crippen molar-refractivity contribution in [3.8, 4) is 5.75 Å². The molecule has 3 N–H and O–H groups in total. The van der Waals surface area contributed by atoms with Crippen LogP contribution < -0.4 is 15.4 Å². The third kappa shape index (κ3) is 6.84. The van der Waals surface area contributed by atoms with Gasteiger partial charge >= 0.3 is 0 Å². The Morgan fingerprint density at radius 1 is 1.43 bits per heavy atom. The molecule has 0 saturated heterocycles. The molecular weight excluding hydrogens is 292 g/mol. The monoisotopic (exact) mass is 320 g/mol. The first-order chi connectivity index (χ1) is 11.0. The van der Waals surface area contributed by atoms with Crippen molar-refractivity contribution in [2.75, 3.05) is 19.7 Å². The Balaban J connectivity index is 2.73. The van der Waals surface area contributed by atoms with Crippen LogP contribution in [0.25, 0.3) is 0 Å². The molecule has 1 aromatic carbocycles. The third-order valence-electron chi connectivity index (χ3n) is 3.22. The Hall–Kier alpha value is -1.85. The molecule has 0 heterocycles. The van der Waals surface area contributed by atoms with Crippen molar-refractivity contribution >= 4 is 5.91 Å². The van der Waals surface area contributed by atoms with Crippen molar-refractivity contribution in [1.29, 1.82) is 0 Å². The molecule has 1 amide bonds. The normalized spacial score (nSPS) is 12.0. The molecule has 1 aromatic rings. The minimum absolute atomic E-state index is 0.106. The average molecular weight is 320 g/mol. The van der Waals surface area contributed by atoms with Gasteiger partial charge in [-0.15, -0.1) is 6.58 Å². The van der Waals surface area contributed by atoms with Crippen LogP contribution in [0.5, 0.6) is 5.75 Å². The van der Waals surface area contributed by atoms with Gasteiger partial charge in [-0.2, -0.15) is 0 Å². The topological polar surface area (TPSA) is 70.6 Å². The second kappa shape index (κ2) is 10.0. The van der Waals surface area contributed by atoms with E-state index in [1.807, 2.05) is 20.8 Å². The first-order valence-electron chi connectivity index (χ1n) is 8.04. The fraction of sp³-hybridized carbons (Fsp3) is 0.500. The summed E-state index contributed by atoms with van der Waals surface area (Å²) in [6.07, 6.45) is 1.78. The fourth-order valence-corrected chi connectivity index (χ4v) is 2.06. The number of allylic oxidation sites excluding steroid dienone is 1. The Bertz CT molecular complexity index is 515. The summed E-state index contributed by atoms with van der Waals surface area (Å²) >= 11 is 0. The highest BCUT2D eigenvalue weighted by Gasteiger charge is 2.11. The highest BCUT2D eigenvalue weighted by molar-refractivity contribution is 5.94. The molecule has 1 atom stereocenters. The zero-order chi connectivity index (χ0) is 17.2. The first kappa shape index (κ1) is 19.2. The zero-order valence-corrected chi connectivity index (χ0v) is 14.3. The molecule has 128 valence electrons. The third-order valence-corrected chi connectivity index (χ3v) is 3.22. The number of rotatable bonds is 10. The van der Waals surface area contributed by atoms with Crippen LogP contribution in [0.2, 0.25) is 0 Å². The highest BCUT2D eigenvalue weighted by Crippen LogP contribution is 2.21. The number of ether oxygens (including phenoxy) is 1. The number of nitrogens with one attached hydrogen (secondary N) is 2. The molecule has 23 heavy (non-hydrogen) atoms. The van der Waals surface area contributed by atoms with Crippen LogP contribution in [0.3, 0.4) is 0 Å². The second-order valence-corrected chi connectivity index (χ2v) is 5.70. The number of carbonyl (C=O) groups is 1. The number of hydrogen-bond acceptors (Lipinski definition) is 4. The quantitative estimate of drug-likeness (QED) is 0.576. The van der Waals surface area contributed by atoms with Crippen LogP contribution in [-0.2, 0) is 6.42 Å². The van der Waals surface area contributed by atoms with Gasteiger partial charge in [0, 0.05) is 24.7 Å². The Morgan fingerprint density at radius 2 is 2.17 bits per heavy atom. The fourth-order valence-electron chi connectivity index (χ4n) is 2.06. The van der Waals surface area contributed by atoms with E-state index in [2.05, 4.69) is 17.2 Å². The summed E-state index contributed by atoms with van der Waals surface area (Å²) in [6.45, 7) is 10.9. The predicted octanol–water partition coefficient (Wildman–Crippen LogP) is 1.90. The molecule has 0 radical (unpaired) electrons. The van der Waals surface area contributed by atoms with Gasteiger partial charge in [0.15, 0.2) is 0 Å². The maximum absolute atomic E-state index is 11.9. The van der Waals surface area contributed by atoms with Crippen molar-refractivity contribution < 1.29 is 14.6 Å². The molecule has 0 aliphatic rings. The van der Waals surface area contributed by atoms with Crippen LogP contribution in [0.4, 0.5) is 0 Å². The first-order valence-corrected chi connectivity index (χ1v) is 8.04. The molecule has 0 aliphatic heterocycles. The van der Waals surface area contributed by atoms with E-state index >= 15 is 0 Å². The number of aliphatic hydroxyl groups excluding tert-OH is 1. The van der Waals surface area contributed by atoms with Crippen LogP contribution in [0.1, 0.15) is 36.7 Å². The molecule has 5 nitrogen and oxygen atoms in total. The molecule has 1 rings (SSSR count). The van der Waals surface area contributed by atoms with Gasteiger partial charge in [-0.1, -0.05) is 19.9 Å². The van der Waals surface area contributed by atoms with Gasteiger partial charge in [0.25, 0.3) is 5.91 Å². The van der Waals surface area contributed by atoms with Gasteiger partial charge in [-0.25, -0.2) is 0 Å². The van der Waals surface area contributed by atoms with Gasteiger partial charge in [0.05, 0.1) is 0 Å². The van der Waals surface area contributed by atoms with E-state index in [0.29, 0.717) is 36.9 Å². The molecule has 0 saturated carbocycles. The summed E-state index contributed by atoms with van der Waals surface area (Å²) < 4.78 is 5.71. The van der Waals surface area contributed by atoms with Gasteiger partial charge < -0.3 is 20.5 Å². The molecule has 5 heteroatoms. The lowest BCUT2D eigenvalue weighted by molar-refractivity contribution is 0.0954. The summed E-state index contributed by atoms with van der Waals surface area (Å²) in [5.41, 5.74) is 1.48. The standard InChI is InChI=1S/C18H28N2O3/c1-5-7-14-10-15(18(22)19-6-2)8-9-17(14)23-12-16(21)11-20-13(3)4/h5,8-10,13,16,20-21H,1,6-7,11-12H2,2-4H3,(H,19,22). The lowest BCUT2D eigenvalue weighted by Crippen LogP contribution is -2.35. The summed E-state index contributed by atoms with van der Waals surface area (Å²) in [6, 6.07) is 5.62. The van der Waals surface area contributed by atoms with E-state index < -0.39 is 6.10 Å². The number of aliphatic hydroxyl groups is 1. The van der Waals surface area contributed by atoms with E-state index in [0.717, 1.165) is 5.56 Å². The summed E-state index contributed by atoms with van der Waals surface area (Å²) in [5, 5.41) is 15.9. The maximum Gasteiger partial charge on any atom is 0.251 e. The van der Waals surface area contributed by atoms with Crippen molar-refractivity contribution in [2.45, 2.75) is 39.3 Å². The molecule has 0 fully saturated rings. The lowest BCUT2D eigenvalue weighted by atomic mass is 10.1. The van der Waals surface area contributed by atoms with Crippen molar-refractivity contribution in [2.24, 2.45) is 0 Å². The molecular formula is C18H28N2O3. The smallest absolute Gasteiger partial charge is 0.251 e. The van der Waals surface area contributed by atoms with Gasteiger partial charge in [-0.3, -0.25) is 4.79 Å². The van der Waals surface area contributed by atoms with Crippen molar-refractivity contribution in [1.82, 2.24) is 10.6 Å². The van der Waals surface area contributed by atoms with Gasteiger partial charge in [-0.05, 0) is 37.1 Å². The predicted molar refractivity (Wildman–Crippen MR) is 93.0 cm³/mol. The largest absolute Gasteiger partial charge is 0.491 e. The number of hydrogen-bond donors (Lipinski definition) is 3. The zero-order valence-electron chi connectivity index (χ0n) is 14.3. The van der Waals surface area contributed by atoms with Crippen LogP contribution >= 0.6 is 0 Å². The SMILES string of the molecule is C=CCc1cc(C(=O)NCC)ccc1OCC(O)CNC(C)C. The van der Waals surface area contributed by atoms with Crippen LogP contribution in [0.15, 0.2) is 30.9 Å². The highest BCUT2D eigenvalue weighted by atomic mass is 16.5. The van der Waals surface area contributed by atoms with Crippen LogP contribution in [0, 0.1) is 0 Å². The minimum atomic E-state index is -0.586. The summed E-state index contributed by atoms with van der Waals surface area (Å²) in [5.74, 6) is 0.562. The number of amides is 1. The maximum atomic E-state index is 11.9. The summed E-state index contributed by atoms with van der Waals surface area (Å²) in [4.78, 5) is 11.9. The van der Waals surface area contributed by atoms with Crippen LogP contribution in [-0.4, -0.2) is 42.9 Å². The van der Waals surface area contributed by atoms with E-state index in [-0.39, 0.29) is 12.5 Å². The second-order valence-electron chi connectivity index (χ2n) is 5.70. The van der Waals surface area contributed by atoms with Crippen molar-refractivity contribution in [3.05, 3.63) is 42.0 Å². The number of benzene rings is 1. The van der Waals surface area contributed by atoms with E-state index in [1.54, 1.807) is 24.3 Å². The summed E-state index contributed by atoms with van der Waals surface area (Å²) in [7, 11) is 0. The van der Waals surface area contributed by atoms with E-state index in [9.17, 15) is 9.90 Å². The molecule has 0 spiro atoms.